The molecule has 6 heteroatoms. The summed E-state index contributed by atoms with van der Waals surface area (Å²) in [6, 6.07) is 7.41. The van der Waals surface area contributed by atoms with Gasteiger partial charge in [-0.25, -0.2) is 0 Å². The topological polar surface area (TPSA) is 84.7 Å². The maximum absolute atomic E-state index is 12.9. The van der Waals surface area contributed by atoms with Gasteiger partial charge in [0.2, 0.25) is 11.8 Å². The lowest BCUT2D eigenvalue weighted by atomic mass is 9.83. The number of rotatable bonds is 10. The lowest BCUT2D eigenvalue weighted by molar-refractivity contribution is -0.143. The summed E-state index contributed by atoms with van der Waals surface area (Å²) in [4.78, 5) is 27.5. The number of piperidine rings is 1. The first-order valence-corrected chi connectivity index (χ1v) is 10.0. The molecular weight excluding hydrogens is 342 g/mol. The number of ether oxygens (including phenoxy) is 1. The summed E-state index contributed by atoms with van der Waals surface area (Å²) in [5.74, 6) is 0.580. The molecule has 0 aliphatic carbocycles. The van der Waals surface area contributed by atoms with Crippen molar-refractivity contribution in [1.82, 2.24) is 10.2 Å². The molecule has 1 heterocycles. The van der Waals surface area contributed by atoms with Gasteiger partial charge in [0.15, 0.2) is 0 Å². The third-order valence-corrected chi connectivity index (χ3v) is 5.18. The van der Waals surface area contributed by atoms with E-state index in [0.717, 1.165) is 37.0 Å². The number of carbonyl (C=O) groups excluding carboxylic acids is 2. The zero-order valence-corrected chi connectivity index (χ0v) is 16.6. The van der Waals surface area contributed by atoms with Crippen molar-refractivity contribution in [2.75, 3.05) is 26.7 Å². The molecule has 1 fully saturated rings. The van der Waals surface area contributed by atoms with Crippen molar-refractivity contribution in [2.24, 2.45) is 11.7 Å². The number of likely N-dealkylation sites (tertiary alicyclic amines) is 1. The van der Waals surface area contributed by atoms with E-state index in [2.05, 4.69) is 12.2 Å². The molecule has 1 saturated heterocycles. The average Bonchev–Trinajstić information content (AvgIpc) is 2.69. The van der Waals surface area contributed by atoms with Crippen LogP contribution in [0.3, 0.4) is 0 Å². The second-order valence-electron chi connectivity index (χ2n) is 7.06. The van der Waals surface area contributed by atoms with E-state index in [0.29, 0.717) is 32.5 Å². The first-order valence-electron chi connectivity index (χ1n) is 10.0. The predicted molar refractivity (Wildman–Crippen MR) is 106 cm³/mol. The van der Waals surface area contributed by atoms with Gasteiger partial charge in [0, 0.05) is 25.1 Å². The first-order chi connectivity index (χ1) is 13.1. The molecule has 27 heavy (non-hydrogen) atoms. The van der Waals surface area contributed by atoms with E-state index in [1.165, 1.54) is 0 Å². The Kier molecular flexibility index (Phi) is 8.58. The van der Waals surface area contributed by atoms with Crippen LogP contribution in [0.1, 0.15) is 57.1 Å². The van der Waals surface area contributed by atoms with Crippen LogP contribution in [0.4, 0.5) is 0 Å². The molecule has 0 aromatic heterocycles. The van der Waals surface area contributed by atoms with Gasteiger partial charge in [-0.1, -0.05) is 31.5 Å². The third kappa shape index (κ3) is 5.45. The summed E-state index contributed by atoms with van der Waals surface area (Å²) in [6.45, 7) is 4.01. The molecule has 150 valence electrons. The van der Waals surface area contributed by atoms with Gasteiger partial charge in [-0.05, 0) is 38.3 Å². The molecule has 1 aliphatic heterocycles. The quantitative estimate of drug-likeness (QED) is 0.616. The van der Waals surface area contributed by atoms with Crippen molar-refractivity contribution in [3.05, 3.63) is 29.8 Å². The zero-order valence-electron chi connectivity index (χ0n) is 16.6. The van der Waals surface area contributed by atoms with E-state index in [4.69, 9.17) is 10.5 Å². The summed E-state index contributed by atoms with van der Waals surface area (Å²) in [5.41, 5.74) is 6.44. The van der Waals surface area contributed by atoms with Gasteiger partial charge in [-0.3, -0.25) is 9.59 Å². The Morgan fingerprint density at radius 1 is 1.30 bits per heavy atom. The van der Waals surface area contributed by atoms with Crippen LogP contribution in [-0.2, 0) is 9.59 Å². The summed E-state index contributed by atoms with van der Waals surface area (Å²) in [7, 11) is 1.63. The first kappa shape index (κ1) is 21.2. The molecule has 0 spiro atoms. The molecule has 1 aliphatic rings. The minimum Gasteiger partial charge on any atom is -0.496 e. The van der Waals surface area contributed by atoms with E-state index < -0.39 is 0 Å². The Hall–Kier alpha value is -2.08. The predicted octanol–water partition coefficient (Wildman–Crippen LogP) is 2.63. The molecule has 1 aromatic carbocycles. The van der Waals surface area contributed by atoms with Crippen LogP contribution in [0.5, 0.6) is 5.75 Å². The normalized spacial score (nSPS) is 19.8. The Labute approximate surface area is 162 Å². The van der Waals surface area contributed by atoms with E-state index >= 15 is 0 Å². The van der Waals surface area contributed by atoms with E-state index in [-0.39, 0.29) is 23.8 Å². The van der Waals surface area contributed by atoms with Gasteiger partial charge in [-0.15, -0.1) is 0 Å². The molecular formula is C21H33N3O3. The molecule has 0 bridgehead atoms. The van der Waals surface area contributed by atoms with Crippen LogP contribution in [-0.4, -0.2) is 43.5 Å². The highest BCUT2D eigenvalue weighted by molar-refractivity contribution is 5.85. The van der Waals surface area contributed by atoms with Crippen LogP contribution in [0.25, 0.3) is 0 Å². The van der Waals surface area contributed by atoms with Crippen LogP contribution in [0.15, 0.2) is 24.3 Å². The molecule has 2 unspecified atom stereocenters. The molecule has 0 radical (unpaired) electrons. The summed E-state index contributed by atoms with van der Waals surface area (Å²) in [6.07, 6.45) is 4.65. The van der Waals surface area contributed by atoms with Crippen molar-refractivity contribution >= 4 is 11.8 Å². The van der Waals surface area contributed by atoms with Crippen molar-refractivity contribution in [2.45, 2.75) is 51.5 Å². The number of nitrogens with zero attached hydrogens (tertiary/aromatic N) is 1. The number of nitrogens with one attached hydrogen (secondary N) is 1. The van der Waals surface area contributed by atoms with E-state index in [9.17, 15) is 9.59 Å². The Bertz CT molecular complexity index is 620. The van der Waals surface area contributed by atoms with Gasteiger partial charge >= 0.3 is 0 Å². The van der Waals surface area contributed by atoms with Crippen LogP contribution in [0, 0.1) is 5.92 Å². The smallest absolute Gasteiger partial charge is 0.225 e. The second-order valence-corrected chi connectivity index (χ2v) is 7.06. The Morgan fingerprint density at radius 3 is 2.78 bits per heavy atom. The molecule has 3 N–H and O–H groups in total. The van der Waals surface area contributed by atoms with Crippen LogP contribution >= 0.6 is 0 Å². The Morgan fingerprint density at radius 2 is 2.07 bits per heavy atom. The summed E-state index contributed by atoms with van der Waals surface area (Å²) >= 11 is 0. The van der Waals surface area contributed by atoms with Gasteiger partial charge in [-0.2, -0.15) is 0 Å². The number of para-hydroxylation sites is 1. The Balaban J connectivity index is 2.29. The van der Waals surface area contributed by atoms with Crippen LogP contribution in [0.2, 0.25) is 0 Å². The highest BCUT2D eigenvalue weighted by Gasteiger charge is 2.41. The molecule has 0 saturated carbocycles. The molecule has 2 rings (SSSR count). The van der Waals surface area contributed by atoms with Crippen molar-refractivity contribution in [3.63, 3.8) is 0 Å². The minimum absolute atomic E-state index is 0.0110. The fourth-order valence-electron chi connectivity index (χ4n) is 3.73. The minimum atomic E-state index is -0.288. The SMILES string of the molecule is CCCCN1C(=O)CCC(C(=O)NCCCCN)C1c1ccccc1OC. The zero-order chi connectivity index (χ0) is 19.6. The number of amides is 2. The average molecular weight is 376 g/mol. The van der Waals surface area contributed by atoms with Gasteiger partial charge in [0.25, 0.3) is 0 Å². The monoisotopic (exact) mass is 375 g/mol. The van der Waals surface area contributed by atoms with Crippen molar-refractivity contribution in [1.29, 1.82) is 0 Å². The van der Waals surface area contributed by atoms with E-state index in [1.54, 1.807) is 7.11 Å². The molecule has 2 amide bonds. The second kappa shape index (κ2) is 10.9. The number of hydrogen-bond acceptors (Lipinski definition) is 4. The number of methoxy groups -OCH3 is 1. The molecule has 6 nitrogen and oxygen atoms in total. The lowest BCUT2D eigenvalue weighted by Gasteiger charge is -2.41. The van der Waals surface area contributed by atoms with Crippen molar-refractivity contribution < 1.29 is 14.3 Å². The van der Waals surface area contributed by atoms with Crippen LogP contribution < -0.4 is 15.8 Å². The van der Waals surface area contributed by atoms with Gasteiger partial charge in [0.1, 0.15) is 5.75 Å². The standard InChI is InChI=1S/C21H33N3O3/c1-3-4-15-24-19(25)12-11-17(21(26)23-14-8-7-13-22)20(24)16-9-5-6-10-18(16)27-2/h5-6,9-10,17,20H,3-4,7-8,11-15,22H2,1-2H3,(H,23,26). The van der Waals surface area contributed by atoms with Gasteiger partial charge in [0.05, 0.1) is 19.1 Å². The summed E-state index contributed by atoms with van der Waals surface area (Å²) in [5, 5.41) is 3.04. The number of unbranched alkanes of at least 4 members (excludes halogenated alkanes) is 2. The van der Waals surface area contributed by atoms with E-state index in [1.807, 2.05) is 29.2 Å². The number of carbonyl (C=O) groups is 2. The third-order valence-electron chi connectivity index (χ3n) is 5.18. The lowest BCUT2D eigenvalue weighted by Crippen LogP contribution is -2.48. The fraction of sp³-hybridized carbons (Fsp3) is 0.619. The highest BCUT2D eigenvalue weighted by atomic mass is 16.5. The number of nitrogens with two attached hydrogens (primary N) is 1. The maximum atomic E-state index is 12.9. The van der Waals surface area contributed by atoms with Gasteiger partial charge < -0.3 is 20.7 Å². The molecule has 2 atom stereocenters. The number of hydrogen-bond donors (Lipinski definition) is 2. The highest BCUT2D eigenvalue weighted by Crippen LogP contribution is 2.40. The maximum Gasteiger partial charge on any atom is 0.225 e. The fourth-order valence-corrected chi connectivity index (χ4v) is 3.73. The largest absolute Gasteiger partial charge is 0.496 e. The summed E-state index contributed by atoms with van der Waals surface area (Å²) < 4.78 is 5.54. The number of benzene rings is 1. The molecule has 1 aromatic rings. The van der Waals surface area contributed by atoms with Crippen molar-refractivity contribution in [3.8, 4) is 5.75 Å².